The number of likely N-dealkylation sites (tertiary alicyclic amines) is 1. The van der Waals surface area contributed by atoms with Crippen LogP contribution in [-0.2, 0) is 6.54 Å². The second kappa shape index (κ2) is 5.62. The molecule has 3 nitrogen and oxygen atoms in total. The van der Waals surface area contributed by atoms with Gasteiger partial charge in [-0.25, -0.2) is 4.98 Å². The molecule has 0 amide bonds. The van der Waals surface area contributed by atoms with Gasteiger partial charge in [-0.2, -0.15) is 0 Å². The number of hydrogen-bond acceptors (Lipinski definition) is 3. The summed E-state index contributed by atoms with van der Waals surface area (Å²) in [4.78, 5) is 6.47. The third kappa shape index (κ3) is 2.94. The van der Waals surface area contributed by atoms with Crippen molar-refractivity contribution in [2.24, 2.45) is 0 Å². The first-order valence-electron chi connectivity index (χ1n) is 5.77. The van der Waals surface area contributed by atoms with Gasteiger partial charge in [-0.05, 0) is 32.5 Å². The van der Waals surface area contributed by atoms with Gasteiger partial charge in [-0.1, -0.05) is 17.7 Å². The van der Waals surface area contributed by atoms with Crippen molar-refractivity contribution in [2.45, 2.75) is 25.4 Å². The fraction of sp³-hybridized carbons (Fsp3) is 0.583. The van der Waals surface area contributed by atoms with E-state index in [1.807, 2.05) is 12.1 Å². The van der Waals surface area contributed by atoms with E-state index in [1.54, 1.807) is 6.20 Å². The van der Waals surface area contributed by atoms with E-state index < -0.39 is 0 Å². The molecule has 4 heteroatoms. The van der Waals surface area contributed by atoms with E-state index >= 15 is 0 Å². The van der Waals surface area contributed by atoms with E-state index in [0.717, 1.165) is 18.7 Å². The maximum Gasteiger partial charge on any atom is 0.133 e. The minimum atomic E-state index is 0.606. The van der Waals surface area contributed by atoms with Gasteiger partial charge in [0.25, 0.3) is 0 Å². The zero-order valence-corrected chi connectivity index (χ0v) is 10.4. The van der Waals surface area contributed by atoms with Crippen LogP contribution < -0.4 is 5.32 Å². The minimum Gasteiger partial charge on any atom is -0.311 e. The largest absolute Gasteiger partial charge is 0.311 e. The Morgan fingerprint density at radius 2 is 2.50 bits per heavy atom. The predicted molar refractivity (Wildman–Crippen MR) is 66.6 cm³/mol. The molecule has 1 atom stereocenters. The molecular weight excluding hydrogens is 222 g/mol. The summed E-state index contributed by atoms with van der Waals surface area (Å²) in [5, 5.41) is 4.06. The van der Waals surface area contributed by atoms with Gasteiger partial charge in [0, 0.05) is 30.9 Å². The van der Waals surface area contributed by atoms with Crippen molar-refractivity contribution in [3.05, 3.63) is 29.0 Å². The normalized spacial score (nSPS) is 21.5. The summed E-state index contributed by atoms with van der Waals surface area (Å²) in [7, 11) is 2.19. The number of rotatable bonds is 4. The standard InChI is InChI=1S/C12H18ClN3/c1-16-7-3-5-11(16)9-14-8-10-4-2-6-15-12(10)13/h2,4,6,11,14H,3,5,7-9H2,1H3. The Kier molecular flexibility index (Phi) is 4.16. The van der Waals surface area contributed by atoms with Crippen LogP contribution in [0.5, 0.6) is 0 Å². The first-order chi connectivity index (χ1) is 7.77. The zero-order valence-electron chi connectivity index (χ0n) is 9.62. The lowest BCUT2D eigenvalue weighted by atomic mass is 10.2. The monoisotopic (exact) mass is 239 g/mol. The van der Waals surface area contributed by atoms with Gasteiger partial charge in [-0.3, -0.25) is 0 Å². The Morgan fingerprint density at radius 1 is 1.62 bits per heavy atom. The van der Waals surface area contributed by atoms with Crippen molar-refractivity contribution in [3.63, 3.8) is 0 Å². The fourth-order valence-corrected chi connectivity index (χ4v) is 2.35. The molecule has 1 aromatic rings. The molecular formula is C12H18ClN3. The van der Waals surface area contributed by atoms with Crippen LogP contribution in [0.25, 0.3) is 0 Å². The molecule has 1 fully saturated rings. The molecule has 1 unspecified atom stereocenters. The maximum absolute atomic E-state index is 5.99. The van der Waals surface area contributed by atoms with Gasteiger partial charge >= 0.3 is 0 Å². The molecule has 0 aromatic carbocycles. The molecule has 2 heterocycles. The van der Waals surface area contributed by atoms with Gasteiger partial charge in [0.1, 0.15) is 5.15 Å². The van der Waals surface area contributed by atoms with Crippen LogP contribution in [-0.4, -0.2) is 36.1 Å². The van der Waals surface area contributed by atoms with Crippen molar-refractivity contribution in [3.8, 4) is 0 Å². The lowest BCUT2D eigenvalue weighted by Gasteiger charge is -2.19. The van der Waals surface area contributed by atoms with E-state index in [4.69, 9.17) is 11.6 Å². The number of hydrogen-bond donors (Lipinski definition) is 1. The van der Waals surface area contributed by atoms with E-state index in [0.29, 0.717) is 11.2 Å². The summed E-state index contributed by atoms with van der Waals surface area (Å²) in [6.07, 6.45) is 4.33. The van der Waals surface area contributed by atoms with Crippen molar-refractivity contribution in [1.29, 1.82) is 0 Å². The molecule has 88 valence electrons. The molecule has 1 saturated heterocycles. The smallest absolute Gasteiger partial charge is 0.133 e. The summed E-state index contributed by atoms with van der Waals surface area (Å²) in [6.45, 7) is 3.05. The average molecular weight is 240 g/mol. The van der Waals surface area contributed by atoms with Crippen molar-refractivity contribution >= 4 is 11.6 Å². The first-order valence-corrected chi connectivity index (χ1v) is 6.15. The van der Waals surface area contributed by atoms with Crippen LogP contribution in [0.1, 0.15) is 18.4 Å². The van der Waals surface area contributed by atoms with Crippen LogP contribution in [0, 0.1) is 0 Å². The molecule has 1 N–H and O–H groups in total. The summed E-state index contributed by atoms with van der Waals surface area (Å²) in [6, 6.07) is 4.61. The Morgan fingerprint density at radius 3 is 3.19 bits per heavy atom. The molecule has 2 rings (SSSR count). The molecule has 0 spiro atoms. The second-order valence-corrected chi connectivity index (χ2v) is 4.72. The molecule has 0 bridgehead atoms. The highest BCUT2D eigenvalue weighted by atomic mass is 35.5. The van der Waals surface area contributed by atoms with E-state index in [-0.39, 0.29) is 0 Å². The number of halogens is 1. The third-order valence-electron chi connectivity index (χ3n) is 3.20. The van der Waals surface area contributed by atoms with Gasteiger partial charge < -0.3 is 10.2 Å². The first kappa shape index (κ1) is 11.8. The fourth-order valence-electron chi connectivity index (χ4n) is 2.16. The second-order valence-electron chi connectivity index (χ2n) is 4.36. The molecule has 1 aliphatic rings. The number of nitrogens with zero attached hydrogens (tertiary/aromatic N) is 2. The minimum absolute atomic E-state index is 0.606. The van der Waals surface area contributed by atoms with E-state index in [2.05, 4.69) is 22.2 Å². The number of pyridine rings is 1. The SMILES string of the molecule is CN1CCCC1CNCc1cccnc1Cl. The average Bonchev–Trinajstić information content (AvgIpc) is 2.67. The summed E-state index contributed by atoms with van der Waals surface area (Å²) < 4.78 is 0. The summed E-state index contributed by atoms with van der Waals surface area (Å²) in [5.41, 5.74) is 1.07. The highest BCUT2D eigenvalue weighted by Gasteiger charge is 2.19. The molecule has 16 heavy (non-hydrogen) atoms. The van der Waals surface area contributed by atoms with Crippen molar-refractivity contribution in [1.82, 2.24) is 15.2 Å². The van der Waals surface area contributed by atoms with Crippen LogP contribution in [0.3, 0.4) is 0 Å². The molecule has 0 aliphatic carbocycles. The Bertz CT molecular complexity index is 343. The molecule has 1 aliphatic heterocycles. The summed E-state index contributed by atoms with van der Waals surface area (Å²) >= 11 is 5.99. The van der Waals surface area contributed by atoms with Crippen LogP contribution in [0.2, 0.25) is 5.15 Å². The number of nitrogens with one attached hydrogen (secondary N) is 1. The lowest BCUT2D eigenvalue weighted by Crippen LogP contribution is -2.35. The van der Waals surface area contributed by atoms with Crippen LogP contribution >= 0.6 is 11.6 Å². The van der Waals surface area contributed by atoms with Crippen molar-refractivity contribution in [2.75, 3.05) is 20.1 Å². The number of aromatic nitrogens is 1. The van der Waals surface area contributed by atoms with Gasteiger partial charge in [-0.15, -0.1) is 0 Å². The summed E-state index contributed by atoms with van der Waals surface area (Å²) in [5.74, 6) is 0. The Labute approximate surface area is 102 Å². The predicted octanol–water partition coefficient (Wildman–Crippen LogP) is 1.92. The van der Waals surface area contributed by atoms with Gasteiger partial charge in [0.2, 0.25) is 0 Å². The van der Waals surface area contributed by atoms with Crippen LogP contribution in [0.15, 0.2) is 18.3 Å². The lowest BCUT2D eigenvalue weighted by molar-refractivity contribution is 0.300. The maximum atomic E-state index is 5.99. The van der Waals surface area contributed by atoms with Crippen LogP contribution in [0.4, 0.5) is 0 Å². The van der Waals surface area contributed by atoms with Gasteiger partial charge in [0.15, 0.2) is 0 Å². The van der Waals surface area contributed by atoms with Gasteiger partial charge in [0.05, 0.1) is 0 Å². The number of likely N-dealkylation sites (N-methyl/N-ethyl adjacent to an activating group) is 1. The molecule has 1 aromatic heterocycles. The quantitative estimate of drug-likeness (QED) is 0.814. The Balaban J connectivity index is 1.78. The molecule has 0 saturated carbocycles. The molecule has 0 radical (unpaired) electrons. The Hall–Kier alpha value is -0.640. The topological polar surface area (TPSA) is 28.2 Å². The highest BCUT2D eigenvalue weighted by Crippen LogP contribution is 2.14. The van der Waals surface area contributed by atoms with E-state index in [9.17, 15) is 0 Å². The van der Waals surface area contributed by atoms with Crippen molar-refractivity contribution < 1.29 is 0 Å². The third-order valence-corrected chi connectivity index (χ3v) is 3.54. The highest BCUT2D eigenvalue weighted by molar-refractivity contribution is 6.30. The zero-order chi connectivity index (χ0) is 11.4. The van der Waals surface area contributed by atoms with E-state index in [1.165, 1.54) is 19.4 Å².